The zero-order chi connectivity index (χ0) is 24.8. The number of hydrogen-bond donors (Lipinski definition) is 2. The molecular formula is C25H36N4O5. The van der Waals surface area contributed by atoms with Gasteiger partial charge >= 0.3 is 0 Å². The molecule has 0 spiro atoms. The normalized spacial score (nSPS) is 25.7. The zero-order valence-electron chi connectivity index (χ0n) is 20.3. The minimum absolute atomic E-state index is 0.0337. The summed E-state index contributed by atoms with van der Waals surface area (Å²) >= 11 is 0. The average Bonchev–Trinajstić information content (AvgIpc) is 2.79. The van der Waals surface area contributed by atoms with Crippen LogP contribution in [0, 0.1) is 11.8 Å². The van der Waals surface area contributed by atoms with Crippen molar-refractivity contribution in [1.82, 2.24) is 20.0 Å². The standard InChI is InChI=1S/C24H34N4O3.CH2O2/c1-16(29)25-12-22-20-11-19(21-8-5-9-23(30)28(21)22)14-27(15-20)24(31)18-7-4-6-17(10-18)13-26(2)3;2-1-3/h4,6-7,10,19-22H,5,8-9,11-15H2,1-3H3,(H,25,29);1H,(H,2,3)/t19-,20+,21+,22+;/m1./s1. The molecule has 2 bridgehead atoms. The molecule has 1 aromatic rings. The first-order chi connectivity index (χ1) is 16.2. The first-order valence-electron chi connectivity index (χ1n) is 11.9. The maximum atomic E-state index is 13.4. The first kappa shape index (κ1) is 25.7. The van der Waals surface area contributed by atoms with Gasteiger partial charge < -0.3 is 25.1 Å². The van der Waals surface area contributed by atoms with E-state index in [0.29, 0.717) is 32.0 Å². The highest BCUT2D eigenvalue weighted by molar-refractivity contribution is 5.94. The van der Waals surface area contributed by atoms with E-state index >= 15 is 0 Å². The molecule has 9 heteroatoms. The van der Waals surface area contributed by atoms with Crippen molar-refractivity contribution in [3.05, 3.63) is 35.4 Å². The maximum absolute atomic E-state index is 13.4. The van der Waals surface area contributed by atoms with Crippen molar-refractivity contribution < 1.29 is 24.3 Å². The second-order valence-corrected chi connectivity index (χ2v) is 9.77. The average molecular weight is 473 g/mol. The van der Waals surface area contributed by atoms with Crippen molar-refractivity contribution in [2.45, 2.75) is 51.2 Å². The molecule has 0 aromatic heterocycles. The fourth-order valence-corrected chi connectivity index (χ4v) is 5.80. The molecule has 0 radical (unpaired) electrons. The van der Waals surface area contributed by atoms with Crippen LogP contribution in [0.1, 0.15) is 48.5 Å². The molecule has 3 fully saturated rings. The number of amides is 3. The Morgan fingerprint density at radius 2 is 1.94 bits per heavy atom. The number of piperidine rings is 3. The number of carboxylic acid groups (broad SMARTS) is 1. The van der Waals surface area contributed by atoms with Gasteiger partial charge in [0.2, 0.25) is 11.8 Å². The van der Waals surface area contributed by atoms with Gasteiger partial charge in [-0.1, -0.05) is 12.1 Å². The first-order valence-corrected chi connectivity index (χ1v) is 11.9. The monoisotopic (exact) mass is 472 g/mol. The molecule has 3 aliphatic rings. The maximum Gasteiger partial charge on any atom is 0.290 e. The molecule has 1 aromatic carbocycles. The molecule has 3 aliphatic heterocycles. The molecular weight excluding hydrogens is 436 g/mol. The molecule has 186 valence electrons. The van der Waals surface area contributed by atoms with Crippen molar-refractivity contribution in [3.63, 3.8) is 0 Å². The van der Waals surface area contributed by atoms with Crippen LogP contribution in [-0.2, 0) is 20.9 Å². The fraction of sp³-hybridized carbons (Fsp3) is 0.600. The van der Waals surface area contributed by atoms with Crippen molar-refractivity contribution in [2.24, 2.45) is 11.8 Å². The third-order valence-corrected chi connectivity index (χ3v) is 7.02. The third kappa shape index (κ3) is 5.94. The summed E-state index contributed by atoms with van der Waals surface area (Å²) < 4.78 is 0. The Kier molecular flexibility index (Phi) is 8.66. The molecule has 4 atom stereocenters. The van der Waals surface area contributed by atoms with Crippen molar-refractivity contribution in [3.8, 4) is 0 Å². The zero-order valence-corrected chi connectivity index (χ0v) is 20.3. The SMILES string of the molecule is CC(=O)NC[C@H]1[C@H]2C[C@H](CN(C(=O)c3cccc(CN(C)C)c3)C2)[C@@H]2CCCC(=O)N21.O=CO. The van der Waals surface area contributed by atoms with Crippen LogP contribution in [0.4, 0.5) is 0 Å². The second kappa shape index (κ2) is 11.5. The predicted octanol–water partition coefficient (Wildman–Crippen LogP) is 1.43. The number of fused-ring (bicyclic) bond motifs is 4. The number of benzene rings is 1. The van der Waals surface area contributed by atoms with Crippen LogP contribution in [-0.4, -0.2) is 89.8 Å². The lowest BCUT2D eigenvalue weighted by atomic mass is 9.72. The van der Waals surface area contributed by atoms with E-state index in [-0.39, 0.29) is 42.2 Å². The number of likely N-dealkylation sites (tertiary alicyclic amines) is 1. The Labute approximate surface area is 201 Å². The van der Waals surface area contributed by atoms with Gasteiger partial charge in [-0.25, -0.2) is 0 Å². The van der Waals surface area contributed by atoms with E-state index in [9.17, 15) is 14.4 Å². The number of carbonyl (C=O) groups is 4. The molecule has 34 heavy (non-hydrogen) atoms. The number of nitrogens with zero attached hydrogens (tertiary/aromatic N) is 3. The summed E-state index contributed by atoms with van der Waals surface area (Å²) in [4.78, 5) is 52.3. The lowest BCUT2D eigenvalue weighted by molar-refractivity contribution is -0.151. The topological polar surface area (TPSA) is 110 Å². The lowest BCUT2D eigenvalue weighted by Gasteiger charge is -2.56. The van der Waals surface area contributed by atoms with Crippen molar-refractivity contribution >= 4 is 24.2 Å². The molecule has 3 amide bonds. The molecule has 9 nitrogen and oxygen atoms in total. The van der Waals surface area contributed by atoms with Crippen LogP contribution in [0.15, 0.2) is 24.3 Å². The lowest BCUT2D eigenvalue weighted by Crippen LogP contribution is -2.67. The summed E-state index contributed by atoms with van der Waals surface area (Å²) in [5.74, 6) is 0.703. The van der Waals surface area contributed by atoms with Gasteiger partial charge in [-0.15, -0.1) is 0 Å². The minimum atomic E-state index is -0.250. The molecule has 3 heterocycles. The number of rotatable bonds is 5. The largest absolute Gasteiger partial charge is 0.483 e. The second-order valence-electron chi connectivity index (χ2n) is 9.77. The van der Waals surface area contributed by atoms with E-state index in [1.165, 1.54) is 6.92 Å². The van der Waals surface area contributed by atoms with Gasteiger partial charge in [0.1, 0.15) is 0 Å². The summed E-state index contributed by atoms with van der Waals surface area (Å²) in [6, 6.07) is 8.05. The Hall–Kier alpha value is -2.94. The van der Waals surface area contributed by atoms with Crippen LogP contribution in [0.3, 0.4) is 0 Å². The van der Waals surface area contributed by atoms with Crippen molar-refractivity contribution in [2.75, 3.05) is 33.7 Å². The van der Waals surface area contributed by atoms with E-state index in [4.69, 9.17) is 9.90 Å². The minimum Gasteiger partial charge on any atom is -0.483 e. The predicted molar refractivity (Wildman–Crippen MR) is 127 cm³/mol. The molecule has 3 saturated heterocycles. The molecule has 0 unspecified atom stereocenters. The fourth-order valence-electron chi connectivity index (χ4n) is 5.80. The highest BCUT2D eigenvalue weighted by Gasteiger charge is 2.50. The van der Waals surface area contributed by atoms with Crippen molar-refractivity contribution in [1.29, 1.82) is 0 Å². The Morgan fingerprint density at radius 1 is 1.24 bits per heavy atom. The van der Waals surface area contributed by atoms with Gasteiger partial charge in [-0.2, -0.15) is 0 Å². The van der Waals surface area contributed by atoms with E-state index in [1.807, 2.05) is 37.2 Å². The van der Waals surface area contributed by atoms with Crippen LogP contribution >= 0.6 is 0 Å². The van der Waals surface area contributed by atoms with E-state index in [2.05, 4.69) is 21.2 Å². The smallest absolute Gasteiger partial charge is 0.290 e. The quantitative estimate of drug-likeness (QED) is 0.628. The summed E-state index contributed by atoms with van der Waals surface area (Å²) in [5.41, 5.74) is 1.86. The van der Waals surface area contributed by atoms with Crippen LogP contribution in [0.2, 0.25) is 0 Å². The van der Waals surface area contributed by atoms with E-state index in [0.717, 1.165) is 36.9 Å². The van der Waals surface area contributed by atoms with Gasteiger partial charge in [-0.3, -0.25) is 19.2 Å². The van der Waals surface area contributed by atoms with Gasteiger partial charge in [0, 0.05) is 51.1 Å². The third-order valence-electron chi connectivity index (χ3n) is 7.02. The summed E-state index contributed by atoms with van der Waals surface area (Å²) in [7, 11) is 4.04. The van der Waals surface area contributed by atoms with Crippen LogP contribution < -0.4 is 5.32 Å². The van der Waals surface area contributed by atoms with E-state index < -0.39 is 0 Å². The van der Waals surface area contributed by atoms with Gasteiger partial charge in [-0.05, 0) is 62.9 Å². The molecule has 2 N–H and O–H groups in total. The van der Waals surface area contributed by atoms with Gasteiger partial charge in [0.05, 0.1) is 6.04 Å². The summed E-state index contributed by atoms with van der Waals surface area (Å²) in [6.45, 7) is 3.86. The molecule has 4 rings (SSSR count). The Balaban J connectivity index is 0.00000103. The van der Waals surface area contributed by atoms with Gasteiger partial charge in [0.25, 0.3) is 12.4 Å². The van der Waals surface area contributed by atoms with E-state index in [1.54, 1.807) is 0 Å². The Morgan fingerprint density at radius 3 is 2.62 bits per heavy atom. The molecule has 0 saturated carbocycles. The number of carbonyl (C=O) groups excluding carboxylic acids is 3. The Bertz CT molecular complexity index is 905. The van der Waals surface area contributed by atoms with Crippen LogP contribution in [0.5, 0.6) is 0 Å². The highest BCUT2D eigenvalue weighted by atomic mass is 16.3. The highest BCUT2D eigenvalue weighted by Crippen LogP contribution is 2.41. The van der Waals surface area contributed by atoms with Crippen LogP contribution in [0.25, 0.3) is 0 Å². The summed E-state index contributed by atoms with van der Waals surface area (Å²) in [6.07, 6.45) is 3.51. The van der Waals surface area contributed by atoms with Gasteiger partial charge in [0.15, 0.2) is 0 Å². The number of nitrogens with one attached hydrogen (secondary N) is 1. The number of hydrogen-bond acceptors (Lipinski definition) is 5. The molecule has 0 aliphatic carbocycles. The summed E-state index contributed by atoms with van der Waals surface area (Å²) in [5, 5.41) is 9.82.